The molecule has 106 valence electrons. The summed E-state index contributed by atoms with van der Waals surface area (Å²) in [5.41, 5.74) is 5.09. The maximum Gasteiger partial charge on any atom is 0.352 e. The molecule has 1 aliphatic rings. The molecule has 8 nitrogen and oxygen atoms in total. The molecule has 0 saturated carbocycles. The highest BCUT2D eigenvalue weighted by Gasteiger charge is 2.46. The van der Waals surface area contributed by atoms with Gasteiger partial charge in [-0.15, -0.1) is 0 Å². The number of hydrogen-bond acceptors (Lipinski definition) is 6. The van der Waals surface area contributed by atoms with E-state index >= 15 is 0 Å². The molecule has 1 aromatic rings. The van der Waals surface area contributed by atoms with E-state index in [1.54, 1.807) is 19.1 Å². The molecule has 0 aliphatic carbocycles. The Balaban J connectivity index is 2.33. The van der Waals surface area contributed by atoms with Gasteiger partial charge >= 0.3 is 5.97 Å². The number of carboxylic acid groups (broad SMARTS) is 1. The van der Waals surface area contributed by atoms with Crippen molar-refractivity contribution in [3.63, 3.8) is 0 Å². The monoisotopic (exact) mass is 279 g/mol. The lowest BCUT2D eigenvalue weighted by Gasteiger charge is -2.18. The van der Waals surface area contributed by atoms with Crippen LogP contribution in [0.1, 0.15) is 17.5 Å². The lowest BCUT2D eigenvalue weighted by molar-refractivity contribution is -0.385. The fourth-order valence-electron chi connectivity index (χ4n) is 1.93. The first-order valence-corrected chi connectivity index (χ1v) is 5.83. The largest absolute Gasteiger partial charge is 0.478 e. The lowest BCUT2D eigenvalue weighted by atomic mass is 9.93. The topological polar surface area (TPSA) is 128 Å². The Labute approximate surface area is 114 Å². The van der Waals surface area contributed by atoms with Gasteiger partial charge in [-0.3, -0.25) is 10.1 Å². The molecule has 0 radical (unpaired) electrons. The van der Waals surface area contributed by atoms with Gasteiger partial charge in [-0.25, -0.2) is 4.79 Å². The molecule has 0 saturated heterocycles. The van der Waals surface area contributed by atoms with Crippen LogP contribution in [0.25, 0.3) is 0 Å². The molecule has 3 N–H and O–H groups in total. The van der Waals surface area contributed by atoms with E-state index in [1.165, 1.54) is 6.07 Å². The van der Waals surface area contributed by atoms with Gasteiger partial charge in [0.05, 0.1) is 10.6 Å². The zero-order valence-electron chi connectivity index (χ0n) is 10.7. The number of aliphatic carboxylic acids is 1. The number of rotatable bonds is 4. The highest BCUT2D eigenvalue weighted by Crippen LogP contribution is 2.28. The van der Waals surface area contributed by atoms with Crippen LogP contribution in [-0.4, -0.2) is 33.9 Å². The van der Waals surface area contributed by atoms with Gasteiger partial charge in [0, 0.05) is 30.2 Å². The second-order valence-corrected chi connectivity index (χ2v) is 4.57. The molecule has 0 amide bonds. The Bertz CT molecular complexity index is 613. The summed E-state index contributed by atoms with van der Waals surface area (Å²) in [6, 6.07) is 4.57. The van der Waals surface area contributed by atoms with Crippen molar-refractivity contribution in [1.29, 1.82) is 0 Å². The zero-order valence-corrected chi connectivity index (χ0v) is 10.7. The third-order valence-electron chi connectivity index (χ3n) is 3.24. The number of hydrogen-bond donors (Lipinski definition) is 2. The van der Waals surface area contributed by atoms with Crippen molar-refractivity contribution in [2.45, 2.75) is 18.9 Å². The highest BCUT2D eigenvalue weighted by molar-refractivity contribution is 6.05. The van der Waals surface area contributed by atoms with Crippen LogP contribution in [0, 0.1) is 17.0 Å². The number of oxime groups is 1. The fraction of sp³-hybridized carbons (Fsp3) is 0.333. The van der Waals surface area contributed by atoms with Crippen LogP contribution in [0.5, 0.6) is 0 Å². The van der Waals surface area contributed by atoms with Crippen molar-refractivity contribution < 1.29 is 19.7 Å². The minimum atomic E-state index is -1.59. The van der Waals surface area contributed by atoms with E-state index in [0.29, 0.717) is 16.8 Å². The first-order chi connectivity index (χ1) is 9.39. The van der Waals surface area contributed by atoms with Gasteiger partial charge in [0.15, 0.2) is 0 Å². The van der Waals surface area contributed by atoms with Gasteiger partial charge in [-0.2, -0.15) is 0 Å². The predicted octanol–water partition coefficient (Wildman–Crippen LogP) is 0.810. The third-order valence-corrected chi connectivity index (χ3v) is 3.24. The molecule has 2 rings (SSSR count). The van der Waals surface area contributed by atoms with Crippen LogP contribution in [0.3, 0.4) is 0 Å². The Morgan fingerprint density at radius 3 is 2.85 bits per heavy atom. The van der Waals surface area contributed by atoms with E-state index in [2.05, 4.69) is 5.16 Å². The Hall–Kier alpha value is -2.48. The summed E-state index contributed by atoms with van der Waals surface area (Å²) in [7, 11) is 0. The van der Waals surface area contributed by atoms with Gasteiger partial charge in [0.2, 0.25) is 0 Å². The summed E-state index contributed by atoms with van der Waals surface area (Å²) < 4.78 is 0. The maximum atomic E-state index is 11.2. The Kier molecular flexibility index (Phi) is 3.41. The summed E-state index contributed by atoms with van der Waals surface area (Å²) in [6.07, 6.45) is -0.0287. The van der Waals surface area contributed by atoms with Gasteiger partial charge in [-0.05, 0) is 6.92 Å². The van der Waals surface area contributed by atoms with Gasteiger partial charge in [-0.1, -0.05) is 17.3 Å². The number of aryl methyl sites for hydroxylation is 1. The average molecular weight is 279 g/mol. The smallest absolute Gasteiger partial charge is 0.352 e. The van der Waals surface area contributed by atoms with Crippen molar-refractivity contribution >= 4 is 17.4 Å². The van der Waals surface area contributed by atoms with E-state index in [0.717, 1.165) is 0 Å². The Morgan fingerprint density at radius 1 is 1.65 bits per heavy atom. The molecule has 1 aliphatic heterocycles. The number of nitro groups is 1. The molecular formula is C12H13N3O5. The second kappa shape index (κ2) is 4.89. The van der Waals surface area contributed by atoms with Crippen molar-refractivity contribution in [1.82, 2.24) is 0 Å². The van der Waals surface area contributed by atoms with E-state index in [4.69, 9.17) is 15.7 Å². The third kappa shape index (κ3) is 2.21. The van der Waals surface area contributed by atoms with E-state index < -0.39 is 16.5 Å². The molecule has 0 spiro atoms. The van der Waals surface area contributed by atoms with Crippen LogP contribution in [0.15, 0.2) is 23.4 Å². The highest BCUT2D eigenvalue weighted by atomic mass is 16.7. The first kappa shape index (κ1) is 13.9. The number of nitro benzene ring substituents is 1. The molecule has 0 aromatic heterocycles. The number of carbonyl (C=O) groups is 1. The normalized spacial score (nSPS) is 21.2. The van der Waals surface area contributed by atoms with Crippen molar-refractivity contribution in [2.24, 2.45) is 10.9 Å². The molecule has 0 bridgehead atoms. The molecule has 1 aromatic carbocycles. The SMILES string of the molecule is Cc1ccc(C2=NOC(CN)(C(=O)O)C2)cc1[N+](=O)[O-]. The molecule has 1 unspecified atom stereocenters. The van der Waals surface area contributed by atoms with Gasteiger partial charge in [0.25, 0.3) is 11.3 Å². The summed E-state index contributed by atoms with van der Waals surface area (Å²) >= 11 is 0. The molecule has 20 heavy (non-hydrogen) atoms. The van der Waals surface area contributed by atoms with Crippen molar-refractivity contribution in [3.05, 3.63) is 39.4 Å². The fourth-order valence-corrected chi connectivity index (χ4v) is 1.93. The van der Waals surface area contributed by atoms with Gasteiger partial charge in [0.1, 0.15) is 0 Å². The van der Waals surface area contributed by atoms with Crippen LogP contribution in [-0.2, 0) is 9.63 Å². The average Bonchev–Trinajstić information content (AvgIpc) is 2.84. The molecule has 1 atom stereocenters. The van der Waals surface area contributed by atoms with E-state index in [-0.39, 0.29) is 18.7 Å². The van der Waals surface area contributed by atoms with Crippen molar-refractivity contribution in [2.75, 3.05) is 6.54 Å². The minimum Gasteiger partial charge on any atom is -0.478 e. The maximum absolute atomic E-state index is 11.2. The summed E-state index contributed by atoms with van der Waals surface area (Å²) in [5, 5.41) is 23.7. The summed E-state index contributed by atoms with van der Waals surface area (Å²) in [5.74, 6) is -1.21. The summed E-state index contributed by atoms with van der Waals surface area (Å²) in [4.78, 5) is 26.5. The molecule has 0 fully saturated rings. The number of benzene rings is 1. The van der Waals surface area contributed by atoms with Crippen LogP contribution in [0.4, 0.5) is 5.69 Å². The predicted molar refractivity (Wildman–Crippen MR) is 69.5 cm³/mol. The number of nitrogens with two attached hydrogens (primary N) is 1. The van der Waals surface area contributed by atoms with Crippen LogP contribution in [0.2, 0.25) is 0 Å². The number of nitrogens with zero attached hydrogens (tertiary/aromatic N) is 2. The Morgan fingerprint density at radius 2 is 2.35 bits per heavy atom. The molecule has 8 heteroatoms. The summed E-state index contributed by atoms with van der Waals surface area (Å²) in [6.45, 7) is 1.39. The minimum absolute atomic E-state index is 0.0287. The lowest BCUT2D eigenvalue weighted by Crippen LogP contribution is -2.45. The molecular weight excluding hydrogens is 266 g/mol. The van der Waals surface area contributed by atoms with Crippen LogP contribution >= 0.6 is 0 Å². The molecule has 1 heterocycles. The van der Waals surface area contributed by atoms with Crippen LogP contribution < -0.4 is 5.73 Å². The standard InChI is InChI=1S/C12H13N3O5/c1-7-2-3-8(4-10(7)15(18)19)9-5-12(6-13,11(16)17)20-14-9/h2-4H,5-6,13H2,1H3,(H,16,17). The number of carboxylic acids is 1. The van der Waals surface area contributed by atoms with Gasteiger partial charge < -0.3 is 15.7 Å². The van der Waals surface area contributed by atoms with Crippen molar-refractivity contribution in [3.8, 4) is 0 Å². The van der Waals surface area contributed by atoms with E-state index in [1.807, 2.05) is 0 Å². The van der Waals surface area contributed by atoms with E-state index in [9.17, 15) is 14.9 Å². The first-order valence-electron chi connectivity index (χ1n) is 5.83. The quantitative estimate of drug-likeness (QED) is 0.620. The zero-order chi connectivity index (χ0) is 14.9. The second-order valence-electron chi connectivity index (χ2n) is 4.57.